The summed E-state index contributed by atoms with van der Waals surface area (Å²) in [5.74, 6) is -0.733. The first-order valence-corrected chi connectivity index (χ1v) is 6.07. The van der Waals surface area contributed by atoms with E-state index in [4.69, 9.17) is 0 Å². The molecule has 0 radical (unpaired) electrons. The van der Waals surface area contributed by atoms with E-state index in [-0.39, 0.29) is 17.2 Å². The van der Waals surface area contributed by atoms with Crippen LogP contribution in [0.2, 0.25) is 0 Å². The lowest BCUT2D eigenvalue weighted by atomic mass is 10.2. The molecule has 0 amide bonds. The smallest absolute Gasteiger partial charge is 0.161 e. The molecule has 0 bridgehead atoms. The quantitative estimate of drug-likeness (QED) is 0.464. The largest absolute Gasteiger partial charge is 0.507 e. The van der Waals surface area contributed by atoms with Gasteiger partial charge < -0.3 is 15.3 Å². The number of phenolic OH excluding ortho intramolecular Hbond substituents is 3. The van der Waals surface area contributed by atoms with Gasteiger partial charge in [0.2, 0.25) is 0 Å². The Hall–Kier alpha value is -2.27. The molecule has 90 valence electrons. The van der Waals surface area contributed by atoms with E-state index in [1.165, 1.54) is 17.4 Å². The minimum absolute atomic E-state index is 0.107. The van der Waals surface area contributed by atoms with Crippen molar-refractivity contribution < 1.29 is 15.3 Å². The molecule has 0 saturated carbocycles. The van der Waals surface area contributed by atoms with Crippen LogP contribution >= 0.6 is 11.3 Å². The Morgan fingerprint density at radius 1 is 0.889 bits per heavy atom. The number of thiazole rings is 1. The van der Waals surface area contributed by atoms with Crippen molar-refractivity contribution in [3.05, 3.63) is 36.4 Å². The van der Waals surface area contributed by atoms with Gasteiger partial charge in [0.05, 0.1) is 15.8 Å². The highest BCUT2D eigenvalue weighted by Gasteiger charge is 2.13. The molecule has 3 rings (SSSR count). The van der Waals surface area contributed by atoms with Crippen LogP contribution in [0.3, 0.4) is 0 Å². The average molecular weight is 259 g/mol. The summed E-state index contributed by atoms with van der Waals surface area (Å²) in [6.07, 6.45) is 0. The molecule has 3 N–H and O–H groups in total. The van der Waals surface area contributed by atoms with Crippen LogP contribution in [0, 0.1) is 0 Å². The predicted molar refractivity (Wildman–Crippen MR) is 70.1 cm³/mol. The number of para-hydroxylation sites is 1. The SMILES string of the molecule is Oc1cc(O)c(-c2nc3ccccc3s2)cc1O. The number of nitrogens with zero attached hydrogens (tertiary/aromatic N) is 1. The normalized spacial score (nSPS) is 10.9. The lowest BCUT2D eigenvalue weighted by Crippen LogP contribution is -1.79. The van der Waals surface area contributed by atoms with Gasteiger partial charge in [0, 0.05) is 6.07 Å². The fraction of sp³-hybridized carbons (Fsp3) is 0. The summed E-state index contributed by atoms with van der Waals surface area (Å²) >= 11 is 1.42. The van der Waals surface area contributed by atoms with Crippen LogP contribution in [-0.4, -0.2) is 20.3 Å². The molecular formula is C13H9NO3S. The van der Waals surface area contributed by atoms with Gasteiger partial charge in [0.1, 0.15) is 10.8 Å². The fourth-order valence-corrected chi connectivity index (χ4v) is 2.72. The van der Waals surface area contributed by atoms with Crippen LogP contribution in [0.1, 0.15) is 0 Å². The first-order chi connectivity index (χ1) is 8.65. The number of hydrogen-bond donors (Lipinski definition) is 3. The maximum Gasteiger partial charge on any atom is 0.161 e. The third-order valence-electron chi connectivity index (χ3n) is 2.62. The Morgan fingerprint density at radius 3 is 2.39 bits per heavy atom. The lowest BCUT2D eigenvalue weighted by Gasteiger charge is -2.03. The summed E-state index contributed by atoms with van der Waals surface area (Å²) in [4.78, 5) is 4.38. The summed E-state index contributed by atoms with van der Waals surface area (Å²) in [5, 5.41) is 29.2. The first-order valence-electron chi connectivity index (χ1n) is 5.26. The summed E-state index contributed by atoms with van der Waals surface area (Å²) in [6, 6.07) is 10.0. The fourth-order valence-electron chi connectivity index (χ4n) is 1.72. The van der Waals surface area contributed by atoms with Crippen LogP contribution in [-0.2, 0) is 0 Å². The monoisotopic (exact) mass is 259 g/mol. The van der Waals surface area contributed by atoms with E-state index >= 15 is 0 Å². The van der Waals surface area contributed by atoms with Gasteiger partial charge in [-0.2, -0.15) is 0 Å². The molecule has 3 aromatic rings. The molecule has 0 aliphatic heterocycles. The highest BCUT2D eigenvalue weighted by molar-refractivity contribution is 7.21. The second-order valence-electron chi connectivity index (χ2n) is 3.84. The van der Waals surface area contributed by atoms with E-state index in [2.05, 4.69) is 4.98 Å². The Labute approximate surface area is 106 Å². The highest BCUT2D eigenvalue weighted by Crippen LogP contribution is 2.40. The third-order valence-corrected chi connectivity index (χ3v) is 3.69. The van der Waals surface area contributed by atoms with Crippen LogP contribution in [0.25, 0.3) is 20.8 Å². The van der Waals surface area contributed by atoms with Gasteiger partial charge in [0.15, 0.2) is 11.5 Å². The van der Waals surface area contributed by atoms with E-state index in [0.717, 1.165) is 16.3 Å². The molecule has 18 heavy (non-hydrogen) atoms. The van der Waals surface area contributed by atoms with Gasteiger partial charge >= 0.3 is 0 Å². The van der Waals surface area contributed by atoms with Crippen molar-refractivity contribution in [1.82, 2.24) is 4.98 Å². The predicted octanol–water partition coefficient (Wildman–Crippen LogP) is 3.08. The van der Waals surface area contributed by atoms with Crippen molar-refractivity contribution in [3.63, 3.8) is 0 Å². The van der Waals surface area contributed by atoms with Crippen LogP contribution in [0.5, 0.6) is 17.2 Å². The van der Waals surface area contributed by atoms with E-state index in [1.807, 2.05) is 24.3 Å². The Kier molecular flexibility index (Phi) is 2.34. The van der Waals surface area contributed by atoms with E-state index in [9.17, 15) is 15.3 Å². The molecule has 5 heteroatoms. The molecule has 0 aliphatic carbocycles. The standard InChI is InChI=1S/C13H9NO3S/c15-9-6-11(17)10(16)5-7(9)13-14-8-3-1-2-4-12(8)18-13/h1-6,15-17H. The Morgan fingerprint density at radius 2 is 1.61 bits per heavy atom. The molecule has 4 nitrogen and oxygen atoms in total. The molecule has 0 spiro atoms. The van der Waals surface area contributed by atoms with Crippen molar-refractivity contribution >= 4 is 21.6 Å². The summed E-state index contributed by atoms with van der Waals surface area (Å²) in [6.45, 7) is 0. The van der Waals surface area contributed by atoms with Crippen LogP contribution < -0.4 is 0 Å². The lowest BCUT2D eigenvalue weighted by molar-refractivity contribution is 0.397. The highest BCUT2D eigenvalue weighted by atomic mass is 32.1. The molecular weight excluding hydrogens is 250 g/mol. The zero-order valence-corrected chi connectivity index (χ0v) is 9.98. The third kappa shape index (κ3) is 1.65. The number of aromatic nitrogens is 1. The minimum Gasteiger partial charge on any atom is -0.507 e. The zero-order valence-electron chi connectivity index (χ0n) is 9.16. The number of benzene rings is 2. The van der Waals surface area contributed by atoms with Crippen molar-refractivity contribution in [1.29, 1.82) is 0 Å². The van der Waals surface area contributed by atoms with Crippen molar-refractivity contribution in [2.75, 3.05) is 0 Å². The van der Waals surface area contributed by atoms with E-state index in [0.29, 0.717) is 10.6 Å². The maximum atomic E-state index is 9.79. The molecule has 0 unspecified atom stereocenters. The Bertz CT molecular complexity index is 703. The molecule has 2 aromatic carbocycles. The molecule has 1 aromatic heterocycles. The van der Waals surface area contributed by atoms with Crippen molar-refractivity contribution in [2.24, 2.45) is 0 Å². The first kappa shape index (κ1) is 10.9. The topological polar surface area (TPSA) is 73.6 Å². The number of fused-ring (bicyclic) bond motifs is 1. The number of aromatic hydroxyl groups is 3. The van der Waals surface area contributed by atoms with Gasteiger partial charge in [-0.1, -0.05) is 12.1 Å². The van der Waals surface area contributed by atoms with Gasteiger partial charge in [-0.25, -0.2) is 4.98 Å². The molecule has 1 heterocycles. The number of hydrogen-bond acceptors (Lipinski definition) is 5. The average Bonchev–Trinajstić information content (AvgIpc) is 2.77. The number of phenols is 3. The van der Waals surface area contributed by atoms with Crippen LogP contribution in [0.4, 0.5) is 0 Å². The van der Waals surface area contributed by atoms with E-state index < -0.39 is 0 Å². The second kappa shape index (κ2) is 3.89. The maximum absolute atomic E-state index is 9.79. The summed E-state index contributed by atoms with van der Waals surface area (Å²) in [5.41, 5.74) is 1.25. The van der Waals surface area contributed by atoms with Gasteiger partial charge in [0.25, 0.3) is 0 Å². The van der Waals surface area contributed by atoms with Gasteiger partial charge in [-0.3, -0.25) is 0 Å². The van der Waals surface area contributed by atoms with Crippen LogP contribution in [0.15, 0.2) is 36.4 Å². The van der Waals surface area contributed by atoms with Gasteiger partial charge in [-0.05, 0) is 18.2 Å². The second-order valence-corrected chi connectivity index (χ2v) is 4.88. The van der Waals surface area contributed by atoms with Crippen molar-refractivity contribution in [3.8, 4) is 27.8 Å². The van der Waals surface area contributed by atoms with Gasteiger partial charge in [-0.15, -0.1) is 11.3 Å². The molecule has 0 saturated heterocycles. The summed E-state index contributed by atoms with van der Waals surface area (Å²) < 4.78 is 1.000. The summed E-state index contributed by atoms with van der Waals surface area (Å²) in [7, 11) is 0. The molecule has 0 fully saturated rings. The zero-order chi connectivity index (χ0) is 12.7. The van der Waals surface area contributed by atoms with Crippen molar-refractivity contribution in [2.45, 2.75) is 0 Å². The Balaban J connectivity index is 2.22. The molecule has 0 atom stereocenters. The number of rotatable bonds is 1. The van der Waals surface area contributed by atoms with E-state index in [1.54, 1.807) is 0 Å². The minimum atomic E-state index is -0.350. The molecule has 0 aliphatic rings.